The van der Waals surface area contributed by atoms with Gasteiger partial charge < -0.3 is 5.32 Å². The van der Waals surface area contributed by atoms with Crippen molar-refractivity contribution in [2.24, 2.45) is 0 Å². The van der Waals surface area contributed by atoms with E-state index in [9.17, 15) is 21.6 Å². The normalized spacial score (nSPS) is 12.2. The molecule has 0 bridgehead atoms. The molecule has 0 atom stereocenters. The van der Waals surface area contributed by atoms with E-state index < -0.39 is 30.3 Å². The van der Waals surface area contributed by atoms with Gasteiger partial charge in [0, 0.05) is 7.05 Å². The molecule has 0 rings (SSSR count). The largest absolute Gasteiger partial charge is 0.378 e. The van der Waals surface area contributed by atoms with Gasteiger partial charge in [-0.2, -0.15) is 16.8 Å². The van der Waals surface area contributed by atoms with Crippen LogP contribution in [0.25, 0.3) is 0 Å². The molecule has 9 nitrogen and oxygen atoms in total. The maximum absolute atomic E-state index is 10.5. The van der Waals surface area contributed by atoms with Gasteiger partial charge in [0.05, 0.1) is 0 Å². The summed E-state index contributed by atoms with van der Waals surface area (Å²) in [6, 6.07) is -1.70. The standard InChI is InChI=1S/C2H6N2O7S2/c1-3-2(5)4(12(6,7)8)13(9,10)11/h1H3,(H,3,5)(H,6,7,8)(H,9,10,11). The number of nitrogens with one attached hydrogen (secondary N) is 1. The summed E-state index contributed by atoms with van der Waals surface area (Å²) in [5.74, 6) is 0. The molecule has 11 heteroatoms. The van der Waals surface area contributed by atoms with Gasteiger partial charge in [-0.25, -0.2) is 4.79 Å². The highest BCUT2D eigenvalue weighted by atomic mass is 32.3. The predicted octanol–water partition coefficient (Wildman–Crippen LogP) is -1.77. The molecule has 0 saturated carbocycles. The molecule has 78 valence electrons. The summed E-state index contributed by atoms with van der Waals surface area (Å²) in [4.78, 5) is 10.5. The van der Waals surface area contributed by atoms with E-state index in [1.807, 2.05) is 0 Å². The third-order valence-corrected chi connectivity index (χ3v) is 3.10. The summed E-state index contributed by atoms with van der Waals surface area (Å²) >= 11 is 0. The maximum Gasteiger partial charge on any atom is 0.378 e. The summed E-state index contributed by atoms with van der Waals surface area (Å²) < 4.78 is 56.4. The number of urea groups is 1. The Bertz CT molecular complexity index is 360. The van der Waals surface area contributed by atoms with E-state index in [1.165, 1.54) is 0 Å². The van der Waals surface area contributed by atoms with Crippen LogP contribution in [0.5, 0.6) is 0 Å². The third kappa shape index (κ3) is 3.14. The van der Waals surface area contributed by atoms with Crippen molar-refractivity contribution in [1.82, 2.24) is 9.03 Å². The lowest BCUT2D eigenvalue weighted by Gasteiger charge is -2.13. The van der Waals surface area contributed by atoms with Crippen LogP contribution in [0.2, 0.25) is 0 Å². The highest BCUT2D eigenvalue weighted by Crippen LogP contribution is 2.03. The van der Waals surface area contributed by atoms with E-state index >= 15 is 0 Å². The zero-order valence-corrected chi connectivity index (χ0v) is 7.83. The van der Waals surface area contributed by atoms with Gasteiger partial charge in [0.15, 0.2) is 0 Å². The van der Waals surface area contributed by atoms with Crippen molar-refractivity contribution in [3.05, 3.63) is 0 Å². The first-order valence-corrected chi connectivity index (χ1v) is 5.37. The molecule has 0 aromatic carbocycles. The van der Waals surface area contributed by atoms with Crippen molar-refractivity contribution < 1.29 is 30.7 Å². The average Bonchev–Trinajstić information content (AvgIpc) is 1.80. The summed E-state index contributed by atoms with van der Waals surface area (Å²) in [7, 11) is -9.79. The molecule has 2 amide bonds. The van der Waals surface area contributed by atoms with Gasteiger partial charge in [0.1, 0.15) is 0 Å². The van der Waals surface area contributed by atoms with Gasteiger partial charge in [-0.3, -0.25) is 9.11 Å². The summed E-state index contributed by atoms with van der Waals surface area (Å²) in [6.07, 6.45) is 0. The minimum atomic E-state index is -5.35. The average molecular weight is 234 g/mol. The first kappa shape index (κ1) is 12.1. The quantitative estimate of drug-likeness (QED) is 0.480. The summed E-state index contributed by atoms with van der Waals surface area (Å²) in [6.45, 7) is 0. The molecule has 0 saturated heterocycles. The minimum absolute atomic E-state index is 0.908. The molecule has 0 aliphatic rings. The van der Waals surface area contributed by atoms with Gasteiger partial charge >= 0.3 is 26.6 Å². The first-order valence-electron chi connectivity index (χ1n) is 2.57. The second kappa shape index (κ2) is 3.45. The summed E-state index contributed by atoms with van der Waals surface area (Å²) in [5, 5.41) is 1.59. The van der Waals surface area contributed by atoms with Crippen molar-refractivity contribution in [3.8, 4) is 0 Å². The van der Waals surface area contributed by atoms with E-state index in [1.54, 1.807) is 5.32 Å². The number of amides is 2. The Hall–Kier alpha value is -0.910. The first-order chi connectivity index (χ1) is 5.60. The van der Waals surface area contributed by atoms with Crippen LogP contribution in [0.3, 0.4) is 0 Å². The molecule has 0 aromatic rings. The highest BCUT2D eigenvalue weighted by Gasteiger charge is 2.35. The number of hydrogen-bond acceptors (Lipinski definition) is 5. The Kier molecular flexibility index (Phi) is 3.21. The second-order valence-electron chi connectivity index (χ2n) is 1.71. The Morgan fingerprint density at radius 3 is 1.54 bits per heavy atom. The lowest BCUT2D eigenvalue weighted by molar-refractivity contribution is 0.233. The molecule has 0 spiro atoms. The fourth-order valence-electron chi connectivity index (χ4n) is 0.420. The van der Waals surface area contributed by atoms with Crippen LogP contribution in [0.15, 0.2) is 0 Å². The molecule has 0 aliphatic heterocycles. The monoisotopic (exact) mass is 234 g/mol. The van der Waals surface area contributed by atoms with Gasteiger partial charge in [0.25, 0.3) is 0 Å². The van der Waals surface area contributed by atoms with Crippen molar-refractivity contribution in [3.63, 3.8) is 0 Å². The Balaban J connectivity index is 5.40. The number of hydrogen-bond donors (Lipinski definition) is 3. The minimum Gasteiger partial charge on any atom is -0.339 e. The molecule has 0 heterocycles. The van der Waals surface area contributed by atoms with Crippen LogP contribution in [-0.2, 0) is 20.6 Å². The molecule has 0 fully saturated rings. The van der Waals surface area contributed by atoms with Crippen LogP contribution in [0.4, 0.5) is 4.79 Å². The SMILES string of the molecule is CNC(=O)N(S(=O)(=O)O)S(=O)(=O)O. The van der Waals surface area contributed by atoms with Crippen molar-refractivity contribution >= 4 is 26.6 Å². The molecule has 0 radical (unpaired) electrons. The van der Waals surface area contributed by atoms with Gasteiger partial charge in [-0.05, 0) is 0 Å². The van der Waals surface area contributed by atoms with Crippen LogP contribution in [0, 0.1) is 0 Å². The molecular weight excluding hydrogens is 228 g/mol. The van der Waals surface area contributed by atoms with E-state index in [2.05, 4.69) is 0 Å². The molecule has 0 aliphatic carbocycles. The predicted molar refractivity (Wildman–Crippen MR) is 39.4 cm³/mol. The van der Waals surface area contributed by atoms with Gasteiger partial charge in [-0.1, -0.05) is 3.71 Å². The Morgan fingerprint density at radius 1 is 1.15 bits per heavy atom. The second-order valence-corrected chi connectivity index (χ2v) is 4.46. The number of carbonyl (C=O) groups excluding carboxylic acids is 1. The van der Waals surface area contributed by atoms with Gasteiger partial charge in [0.2, 0.25) is 0 Å². The lowest BCUT2D eigenvalue weighted by atomic mass is 11.0. The molecule has 0 unspecified atom stereocenters. The van der Waals surface area contributed by atoms with Crippen LogP contribution >= 0.6 is 0 Å². The molecule has 13 heavy (non-hydrogen) atoms. The van der Waals surface area contributed by atoms with E-state index in [4.69, 9.17) is 9.11 Å². The highest BCUT2D eigenvalue weighted by molar-refractivity contribution is 7.99. The number of nitrogens with zero attached hydrogens (tertiary/aromatic N) is 1. The van der Waals surface area contributed by atoms with E-state index in [0.717, 1.165) is 7.05 Å². The van der Waals surface area contributed by atoms with E-state index in [0.29, 0.717) is 0 Å². The number of rotatable bonds is 2. The summed E-state index contributed by atoms with van der Waals surface area (Å²) in [5.41, 5.74) is 0. The van der Waals surface area contributed by atoms with Crippen LogP contribution in [-0.4, -0.2) is 42.7 Å². The van der Waals surface area contributed by atoms with Crippen LogP contribution < -0.4 is 5.32 Å². The fraction of sp³-hybridized carbons (Fsp3) is 0.500. The topological polar surface area (TPSA) is 141 Å². The zero-order chi connectivity index (χ0) is 10.9. The molecule has 3 N–H and O–H groups in total. The Labute approximate surface area is 74.1 Å². The smallest absolute Gasteiger partial charge is 0.339 e. The molecular formula is C2H6N2O7S2. The van der Waals surface area contributed by atoms with Gasteiger partial charge in [-0.15, -0.1) is 0 Å². The maximum atomic E-state index is 10.5. The Morgan fingerprint density at radius 2 is 1.46 bits per heavy atom. The van der Waals surface area contributed by atoms with E-state index in [-0.39, 0.29) is 0 Å². The number of carbonyl (C=O) groups is 1. The van der Waals surface area contributed by atoms with Crippen LogP contribution in [0.1, 0.15) is 0 Å². The van der Waals surface area contributed by atoms with Crippen molar-refractivity contribution in [2.45, 2.75) is 0 Å². The third-order valence-electron chi connectivity index (χ3n) is 0.799. The zero-order valence-electron chi connectivity index (χ0n) is 6.20. The fourth-order valence-corrected chi connectivity index (χ4v) is 1.97. The molecule has 0 aromatic heterocycles. The lowest BCUT2D eigenvalue weighted by Crippen LogP contribution is -2.45. The van der Waals surface area contributed by atoms with Crippen molar-refractivity contribution in [2.75, 3.05) is 7.05 Å². The van der Waals surface area contributed by atoms with Crippen molar-refractivity contribution in [1.29, 1.82) is 0 Å².